The molecule has 16 heavy (non-hydrogen) atoms. The molecule has 0 aliphatic rings. The van der Waals surface area contributed by atoms with Crippen LogP contribution in [0.2, 0.25) is 10.0 Å². The minimum absolute atomic E-state index is 0.592. The molecule has 4 heteroatoms. The highest BCUT2D eigenvalue weighted by molar-refractivity contribution is 7.07. The average Bonchev–Trinajstić information content (AvgIpc) is 2.76. The molecule has 0 radical (unpaired) electrons. The monoisotopic (exact) mass is 272 g/mol. The average molecular weight is 273 g/mol. The van der Waals surface area contributed by atoms with Crippen molar-refractivity contribution in [2.75, 3.05) is 6.61 Å². The highest BCUT2D eigenvalue weighted by Gasteiger charge is 2.02. The first-order valence-electron chi connectivity index (χ1n) is 4.84. The molecule has 1 heterocycles. The third-order valence-corrected chi connectivity index (χ3v) is 3.40. The topological polar surface area (TPSA) is 9.23 Å². The molecule has 0 spiro atoms. The number of hydrogen-bond acceptors (Lipinski definition) is 2. The van der Waals surface area contributed by atoms with Gasteiger partial charge in [0.05, 0.1) is 11.6 Å². The van der Waals surface area contributed by atoms with Crippen molar-refractivity contribution in [3.8, 4) is 5.75 Å². The molecule has 2 rings (SSSR count). The van der Waals surface area contributed by atoms with E-state index < -0.39 is 0 Å². The predicted molar refractivity (Wildman–Crippen MR) is 70.0 cm³/mol. The fourth-order valence-electron chi connectivity index (χ4n) is 1.30. The molecule has 0 N–H and O–H groups in total. The minimum atomic E-state index is 0.592. The van der Waals surface area contributed by atoms with Crippen LogP contribution in [0.15, 0.2) is 35.0 Å². The van der Waals surface area contributed by atoms with Crippen molar-refractivity contribution in [3.63, 3.8) is 0 Å². The van der Waals surface area contributed by atoms with Crippen molar-refractivity contribution >= 4 is 34.5 Å². The van der Waals surface area contributed by atoms with E-state index in [1.165, 1.54) is 5.56 Å². The van der Waals surface area contributed by atoms with E-state index in [9.17, 15) is 0 Å². The van der Waals surface area contributed by atoms with Crippen LogP contribution in [0.4, 0.5) is 0 Å². The second kappa shape index (κ2) is 5.58. The van der Waals surface area contributed by atoms with Gasteiger partial charge in [-0.05, 0) is 34.5 Å². The molecule has 2 aromatic rings. The summed E-state index contributed by atoms with van der Waals surface area (Å²) in [5, 5.41) is 5.40. The molecule has 0 bridgehead atoms. The summed E-state index contributed by atoms with van der Waals surface area (Å²) >= 11 is 13.5. The second-order valence-electron chi connectivity index (χ2n) is 3.30. The largest absolute Gasteiger partial charge is 0.492 e. The fourth-order valence-corrected chi connectivity index (χ4v) is 2.34. The molecule has 1 nitrogen and oxygen atoms in total. The maximum atomic E-state index is 5.98. The molecule has 84 valence electrons. The Labute approximate surface area is 109 Å². The van der Waals surface area contributed by atoms with Crippen LogP contribution in [-0.4, -0.2) is 6.61 Å². The number of hydrogen-bond donors (Lipinski definition) is 0. The molecule has 0 saturated carbocycles. The van der Waals surface area contributed by atoms with Crippen molar-refractivity contribution in [1.82, 2.24) is 0 Å². The highest BCUT2D eigenvalue weighted by atomic mass is 35.5. The molecule has 0 aliphatic carbocycles. The van der Waals surface area contributed by atoms with E-state index in [2.05, 4.69) is 16.8 Å². The van der Waals surface area contributed by atoms with E-state index >= 15 is 0 Å². The Morgan fingerprint density at radius 2 is 2.06 bits per heavy atom. The Kier molecular flexibility index (Phi) is 4.10. The number of ether oxygens (including phenoxy) is 1. The van der Waals surface area contributed by atoms with Crippen LogP contribution in [0.1, 0.15) is 5.56 Å². The van der Waals surface area contributed by atoms with Crippen molar-refractivity contribution < 1.29 is 4.74 Å². The third-order valence-electron chi connectivity index (χ3n) is 2.12. The first-order chi connectivity index (χ1) is 7.75. The van der Waals surface area contributed by atoms with E-state index in [0.29, 0.717) is 22.4 Å². The van der Waals surface area contributed by atoms with Gasteiger partial charge >= 0.3 is 0 Å². The van der Waals surface area contributed by atoms with Crippen LogP contribution < -0.4 is 4.74 Å². The fraction of sp³-hybridized carbons (Fsp3) is 0.167. The lowest BCUT2D eigenvalue weighted by atomic mass is 10.2. The van der Waals surface area contributed by atoms with Crippen LogP contribution >= 0.6 is 34.5 Å². The quantitative estimate of drug-likeness (QED) is 0.786. The van der Waals surface area contributed by atoms with E-state index in [1.54, 1.807) is 29.5 Å². The van der Waals surface area contributed by atoms with Gasteiger partial charge in [-0.15, -0.1) is 0 Å². The summed E-state index contributed by atoms with van der Waals surface area (Å²) in [5.74, 6) is 0.643. The Bertz CT molecular complexity index is 454. The summed E-state index contributed by atoms with van der Waals surface area (Å²) < 4.78 is 5.58. The molecule has 0 unspecified atom stereocenters. The van der Waals surface area contributed by atoms with E-state index in [1.807, 2.05) is 0 Å². The summed E-state index contributed by atoms with van der Waals surface area (Å²) in [4.78, 5) is 0. The molecule has 0 atom stereocenters. The Morgan fingerprint density at radius 1 is 1.19 bits per heavy atom. The van der Waals surface area contributed by atoms with Crippen molar-refractivity contribution in [2.45, 2.75) is 6.42 Å². The summed E-state index contributed by atoms with van der Waals surface area (Å²) in [7, 11) is 0. The normalized spacial score (nSPS) is 10.4. The number of benzene rings is 1. The SMILES string of the molecule is Clc1ccc(Cl)c(OCCc2ccsc2)c1. The van der Waals surface area contributed by atoms with Gasteiger partial charge in [-0.25, -0.2) is 0 Å². The van der Waals surface area contributed by atoms with Gasteiger partial charge < -0.3 is 4.74 Å². The van der Waals surface area contributed by atoms with Gasteiger partial charge in [0.1, 0.15) is 5.75 Å². The summed E-state index contributed by atoms with van der Waals surface area (Å²) in [6.45, 7) is 0.608. The zero-order chi connectivity index (χ0) is 11.4. The van der Waals surface area contributed by atoms with Crippen LogP contribution in [0.3, 0.4) is 0 Å². The van der Waals surface area contributed by atoms with E-state index in [0.717, 1.165) is 6.42 Å². The lowest BCUT2D eigenvalue weighted by molar-refractivity contribution is 0.322. The predicted octanol–water partition coefficient (Wildman–Crippen LogP) is 4.68. The van der Waals surface area contributed by atoms with Crippen LogP contribution in [0, 0.1) is 0 Å². The van der Waals surface area contributed by atoms with Crippen LogP contribution in [0.25, 0.3) is 0 Å². The lowest BCUT2D eigenvalue weighted by Crippen LogP contribution is -2.00. The van der Waals surface area contributed by atoms with Crippen LogP contribution in [-0.2, 0) is 6.42 Å². The lowest BCUT2D eigenvalue weighted by Gasteiger charge is -2.07. The molecule has 0 fully saturated rings. The highest BCUT2D eigenvalue weighted by Crippen LogP contribution is 2.27. The Morgan fingerprint density at radius 3 is 2.81 bits per heavy atom. The molecule has 0 aliphatic heterocycles. The van der Waals surface area contributed by atoms with Crippen LogP contribution in [0.5, 0.6) is 5.75 Å². The van der Waals surface area contributed by atoms with Gasteiger partial charge in [0.2, 0.25) is 0 Å². The van der Waals surface area contributed by atoms with Gasteiger partial charge in [-0.2, -0.15) is 11.3 Å². The smallest absolute Gasteiger partial charge is 0.139 e. The first-order valence-corrected chi connectivity index (χ1v) is 6.54. The summed E-state index contributed by atoms with van der Waals surface area (Å²) in [6.07, 6.45) is 0.881. The van der Waals surface area contributed by atoms with E-state index in [4.69, 9.17) is 27.9 Å². The summed E-state index contributed by atoms with van der Waals surface area (Å²) in [6, 6.07) is 7.31. The van der Waals surface area contributed by atoms with Crippen molar-refractivity contribution in [2.24, 2.45) is 0 Å². The molecule has 1 aromatic carbocycles. The Hall–Kier alpha value is -0.700. The second-order valence-corrected chi connectivity index (χ2v) is 4.93. The van der Waals surface area contributed by atoms with Gasteiger partial charge in [0.15, 0.2) is 0 Å². The summed E-state index contributed by atoms with van der Waals surface area (Å²) in [5.41, 5.74) is 1.28. The van der Waals surface area contributed by atoms with Gasteiger partial charge in [-0.3, -0.25) is 0 Å². The van der Waals surface area contributed by atoms with Gasteiger partial charge in [0.25, 0.3) is 0 Å². The zero-order valence-corrected chi connectivity index (χ0v) is 10.8. The standard InChI is InChI=1S/C12H10Cl2OS/c13-10-1-2-11(14)12(7-10)15-5-3-9-4-6-16-8-9/h1-2,4,6-8H,3,5H2. The van der Waals surface area contributed by atoms with E-state index in [-0.39, 0.29) is 0 Å². The van der Waals surface area contributed by atoms with Gasteiger partial charge in [-0.1, -0.05) is 23.2 Å². The third kappa shape index (κ3) is 3.14. The minimum Gasteiger partial charge on any atom is -0.492 e. The maximum Gasteiger partial charge on any atom is 0.139 e. The zero-order valence-electron chi connectivity index (χ0n) is 8.45. The molecule has 0 saturated heterocycles. The Balaban J connectivity index is 1.92. The number of thiophene rings is 1. The molecule has 0 amide bonds. The van der Waals surface area contributed by atoms with Gasteiger partial charge in [0, 0.05) is 17.5 Å². The molecular weight excluding hydrogens is 263 g/mol. The molecule has 1 aromatic heterocycles. The van der Waals surface area contributed by atoms with Crippen molar-refractivity contribution in [1.29, 1.82) is 0 Å². The first kappa shape index (κ1) is 11.8. The number of rotatable bonds is 4. The van der Waals surface area contributed by atoms with Crippen molar-refractivity contribution in [3.05, 3.63) is 50.6 Å². The molecular formula is C12H10Cl2OS. The maximum absolute atomic E-state index is 5.98. The number of halogens is 2.